The van der Waals surface area contributed by atoms with Gasteiger partial charge in [-0.15, -0.1) is 0 Å². The van der Waals surface area contributed by atoms with Crippen LogP contribution in [0.4, 0.5) is 42.9 Å². The third kappa shape index (κ3) is 14.7. The number of hydrogen-bond acceptors (Lipinski definition) is 4. The van der Waals surface area contributed by atoms with Gasteiger partial charge >= 0.3 is 0 Å². The summed E-state index contributed by atoms with van der Waals surface area (Å²) in [4.78, 5) is 4.61. The number of halogens is 2. The van der Waals surface area contributed by atoms with E-state index in [1.165, 1.54) is 113 Å². The topological polar surface area (TPSA) is 24.9 Å². The van der Waals surface area contributed by atoms with Gasteiger partial charge in [0.2, 0.25) is 0 Å². The number of rotatable bonds is 23. The number of anilines is 6. The Bertz CT molecular complexity index is 6660. The van der Waals surface area contributed by atoms with Crippen LogP contribution in [0.25, 0.3) is 90.0 Å². The number of hydrogen-bond donors (Lipinski definition) is 0. The summed E-state index contributed by atoms with van der Waals surface area (Å²) >= 11 is 0. The van der Waals surface area contributed by atoms with Gasteiger partial charge < -0.3 is 19.3 Å². The highest BCUT2D eigenvalue weighted by atomic mass is 19.1. The van der Waals surface area contributed by atoms with E-state index in [1.807, 2.05) is 36.4 Å². The fourth-order valence-electron chi connectivity index (χ4n) is 19.1. The highest BCUT2D eigenvalue weighted by Gasteiger charge is 2.49. The highest BCUT2D eigenvalue weighted by Crippen LogP contribution is 2.60. The van der Waals surface area contributed by atoms with Gasteiger partial charge in [-0.05, 0) is 317 Å². The Morgan fingerprint density at radius 1 is 0.254 bits per heavy atom. The quantitative estimate of drug-likeness (QED) is 0.0637. The predicted molar refractivity (Wildman–Crippen MR) is 518 cm³/mol. The molecule has 4 nitrogen and oxygen atoms in total. The standard InChI is InChI=1S/C120H90F2N2O2/c1-7-83-21-25-85(26-22-83)77-125-107-67-47-97(48-68-107)119(115-73-79(3)17-19-81(115)5)113-15-11-9-13-109(113)111-71-45-95(75-117(111)119)93-41-63-105(64-42-93)123(101-55-33-89(34-56-101)87-29-51-99(121)52-30-87)103-59-37-91(38-60-103)92-39-61-104(62-40-92)124(102-57-35-90(36-58-102)88-31-53-100(122)54-32-88)106-65-43-94(44-66-106)96-46-72-112-110-14-10-12-16-114(110)120(118(112)76-96,116-74-80(4)18-20-82(116)6)98-49-69-108(70-50-98)126-78-86-27-23-84(8-2)24-28-86/h7-76H,1-2,77-78H2,3-6H3. The van der Waals surface area contributed by atoms with Gasteiger partial charge in [0.15, 0.2) is 0 Å². The minimum absolute atomic E-state index is 0.270. The molecule has 0 aromatic heterocycles. The van der Waals surface area contributed by atoms with Crippen LogP contribution < -0.4 is 19.3 Å². The molecule has 0 saturated heterocycles. The lowest BCUT2D eigenvalue weighted by atomic mass is 9.66. The molecule has 0 heterocycles. The maximum absolute atomic E-state index is 14.3. The third-order valence-corrected chi connectivity index (χ3v) is 25.6. The largest absolute Gasteiger partial charge is 0.489 e. The smallest absolute Gasteiger partial charge is 0.123 e. The Hall–Kier alpha value is -15.5. The highest BCUT2D eigenvalue weighted by molar-refractivity contribution is 5.92. The molecule has 2 aliphatic carbocycles. The van der Waals surface area contributed by atoms with Crippen molar-refractivity contribution in [3.8, 4) is 89.4 Å². The number of aryl methyl sites for hydroxylation is 4. The second-order valence-electron chi connectivity index (χ2n) is 33.2. The van der Waals surface area contributed by atoms with E-state index in [0.29, 0.717) is 13.2 Å². The van der Waals surface area contributed by atoms with Crippen molar-refractivity contribution in [1.82, 2.24) is 0 Å². The molecule has 6 heteroatoms. The van der Waals surface area contributed by atoms with Gasteiger partial charge in [-0.25, -0.2) is 8.78 Å². The summed E-state index contributed by atoms with van der Waals surface area (Å²) in [5.41, 5.74) is 38.8. The van der Waals surface area contributed by atoms with Crippen molar-refractivity contribution < 1.29 is 18.3 Å². The molecular weight excluding hydrogens is 1540 g/mol. The molecule has 2 aliphatic rings. The number of ether oxygens (including phenoxy) is 2. The molecule has 2 atom stereocenters. The maximum atomic E-state index is 14.3. The molecule has 0 spiro atoms. The van der Waals surface area contributed by atoms with Gasteiger partial charge in [-0.2, -0.15) is 0 Å². The fraction of sp³-hybridized carbons (Fsp3) is 0.0667. The molecule has 0 amide bonds. The molecular formula is C120H90F2N2O2. The number of fused-ring (bicyclic) bond motifs is 6. The van der Waals surface area contributed by atoms with Gasteiger partial charge in [0.25, 0.3) is 0 Å². The average molecular weight is 1630 g/mol. The fourth-order valence-corrected chi connectivity index (χ4v) is 19.1. The van der Waals surface area contributed by atoms with Crippen LogP contribution in [-0.2, 0) is 24.0 Å². The van der Waals surface area contributed by atoms with Crippen LogP contribution >= 0.6 is 0 Å². The van der Waals surface area contributed by atoms with Gasteiger partial charge in [0, 0.05) is 34.1 Å². The van der Waals surface area contributed by atoms with Gasteiger partial charge in [0.05, 0.1) is 10.8 Å². The lowest BCUT2D eigenvalue weighted by Gasteiger charge is -2.35. The Morgan fingerprint density at radius 2 is 0.524 bits per heavy atom. The molecule has 18 aromatic rings. The maximum Gasteiger partial charge on any atom is 0.123 e. The first kappa shape index (κ1) is 79.0. The van der Waals surface area contributed by atoms with E-state index in [-0.39, 0.29) is 11.6 Å². The summed E-state index contributed by atoms with van der Waals surface area (Å²) < 4.78 is 41.5. The van der Waals surface area contributed by atoms with Crippen molar-refractivity contribution >= 4 is 46.3 Å². The Balaban J connectivity index is 0.623. The predicted octanol–water partition coefficient (Wildman–Crippen LogP) is 31.6. The Kier molecular flexibility index (Phi) is 20.9. The van der Waals surface area contributed by atoms with E-state index in [9.17, 15) is 8.78 Å². The zero-order chi connectivity index (χ0) is 85.6. The Morgan fingerprint density at radius 3 is 0.825 bits per heavy atom. The van der Waals surface area contributed by atoms with Crippen LogP contribution in [0, 0.1) is 39.3 Å². The van der Waals surface area contributed by atoms with Crippen LogP contribution in [0.15, 0.2) is 426 Å². The summed E-state index contributed by atoms with van der Waals surface area (Å²) in [7, 11) is 0. The molecule has 2 unspecified atom stereocenters. The first-order valence-corrected chi connectivity index (χ1v) is 43.0. The average Bonchev–Trinajstić information content (AvgIpc) is 1.53. The summed E-state index contributed by atoms with van der Waals surface area (Å²) in [6.45, 7) is 17.6. The summed E-state index contributed by atoms with van der Waals surface area (Å²) in [5.74, 6) is 1.07. The van der Waals surface area contributed by atoms with Crippen LogP contribution in [0.2, 0.25) is 0 Å². The second-order valence-corrected chi connectivity index (χ2v) is 33.2. The van der Waals surface area contributed by atoms with Crippen LogP contribution in [0.5, 0.6) is 11.5 Å². The van der Waals surface area contributed by atoms with E-state index in [4.69, 9.17) is 9.47 Å². The summed E-state index contributed by atoms with van der Waals surface area (Å²) in [5, 5.41) is 0. The molecule has 606 valence electrons. The molecule has 0 radical (unpaired) electrons. The molecule has 0 N–H and O–H groups in total. The number of benzene rings is 18. The van der Waals surface area contributed by atoms with E-state index in [0.717, 1.165) is 124 Å². The molecule has 20 rings (SSSR count). The van der Waals surface area contributed by atoms with Gasteiger partial charge in [-0.1, -0.05) is 315 Å². The van der Waals surface area contributed by atoms with Crippen LogP contribution in [0.3, 0.4) is 0 Å². The van der Waals surface area contributed by atoms with Gasteiger partial charge in [-0.3, -0.25) is 0 Å². The van der Waals surface area contributed by atoms with Crippen molar-refractivity contribution in [2.75, 3.05) is 9.80 Å². The molecule has 0 aliphatic heterocycles. The van der Waals surface area contributed by atoms with E-state index < -0.39 is 10.8 Å². The van der Waals surface area contributed by atoms with E-state index >= 15 is 0 Å². The van der Waals surface area contributed by atoms with Crippen molar-refractivity contribution in [3.63, 3.8) is 0 Å². The minimum atomic E-state index is -0.648. The van der Waals surface area contributed by atoms with Crippen molar-refractivity contribution in [2.45, 2.75) is 51.7 Å². The van der Waals surface area contributed by atoms with E-state index in [1.54, 1.807) is 0 Å². The zero-order valence-corrected chi connectivity index (χ0v) is 70.7. The molecule has 18 aromatic carbocycles. The first-order valence-electron chi connectivity index (χ1n) is 43.0. The minimum Gasteiger partial charge on any atom is -0.489 e. The lowest BCUT2D eigenvalue weighted by molar-refractivity contribution is 0.306. The second kappa shape index (κ2) is 33.4. The van der Waals surface area contributed by atoms with Crippen LogP contribution in [0.1, 0.15) is 89.0 Å². The monoisotopic (exact) mass is 1630 g/mol. The lowest BCUT2D eigenvalue weighted by Crippen LogP contribution is -2.29. The molecule has 0 fully saturated rings. The third-order valence-electron chi connectivity index (χ3n) is 25.6. The molecule has 0 bridgehead atoms. The van der Waals surface area contributed by atoms with Crippen molar-refractivity contribution in [3.05, 3.63) is 526 Å². The van der Waals surface area contributed by atoms with Crippen molar-refractivity contribution in [1.29, 1.82) is 0 Å². The summed E-state index contributed by atoms with van der Waals surface area (Å²) in [6.07, 6.45) is 3.71. The molecule has 0 saturated carbocycles. The normalized spacial score (nSPS) is 14.0. The number of nitrogens with zero attached hydrogens (tertiary/aromatic N) is 2. The first-order chi connectivity index (χ1) is 61.7. The SMILES string of the molecule is C=Cc1ccc(COc2ccc(C3(c4cc(C)ccc4C)c4ccccc4-c4ccc(-c5ccc(N(c6ccc(-c7ccc(F)cc7)cc6)c6ccc(-c7ccc(N(c8ccc(-c9ccc(F)cc9)cc8)c8ccc(-c9ccc%10c(c9)C(c9ccc(OCc%11ccc(C=C)cc%11)cc9)(c9cc(C)ccc9C)c9ccccc9-%10)cc8)cc7)cc6)cc5)cc43)cc2)cc1. The van der Waals surface area contributed by atoms with E-state index in [2.05, 4.69) is 415 Å². The summed E-state index contributed by atoms with van der Waals surface area (Å²) in [6, 6.07) is 146. The van der Waals surface area contributed by atoms with Crippen molar-refractivity contribution in [2.24, 2.45) is 0 Å². The molecule has 126 heavy (non-hydrogen) atoms. The zero-order valence-electron chi connectivity index (χ0n) is 70.7. The Labute approximate surface area is 736 Å². The van der Waals surface area contributed by atoms with Gasteiger partial charge in [0.1, 0.15) is 36.3 Å². The van der Waals surface area contributed by atoms with Crippen LogP contribution in [-0.4, -0.2) is 0 Å².